The van der Waals surface area contributed by atoms with Crippen LogP contribution in [-0.4, -0.2) is 5.11 Å². The number of hydrogen-bond acceptors (Lipinski definition) is 1. The van der Waals surface area contributed by atoms with Crippen LogP contribution in [0.5, 0.6) is 0 Å². The molecule has 11 heavy (non-hydrogen) atoms. The number of aliphatic hydroxyl groups excluding tert-OH is 1. The first kappa shape index (κ1) is 8.28. The molecule has 0 aliphatic rings. The Bertz CT molecular complexity index is 218. The summed E-state index contributed by atoms with van der Waals surface area (Å²) in [5, 5.41) is 8.81. The van der Waals surface area contributed by atoms with E-state index in [4.69, 9.17) is 5.11 Å². The molecule has 0 heterocycles. The molecule has 1 radical (unpaired) electrons. The highest BCUT2D eigenvalue weighted by molar-refractivity contribution is 5.36. The quantitative estimate of drug-likeness (QED) is 0.684. The van der Waals surface area contributed by atoms with E-state index in [2.05, 4.69) is 13.0 Å². The molecular formula is C10H13O. The molecule has 0 fully saturated rings. The molecule has 1 nitrogen and oxygen atoms in total. The van der Waals surface area contributed by atoms with Crippen molar-refractivity contribution in [3.05, 3.63) is 41.5 Å². The minimum Gasteiger partial charge on any atom is -0.385 e. The van der Waals surface area contributed by atoms with Gasteiger partial charge in [0, 0.05) is 0 Å². The molecule has 0 unspecified atom stereocenters. The Morgan fingerprint density at radius 2 is 2.18 bits per heavy atom. The zero-order valence-corrected chi connectivity index (χ0v) is 6.96. The van der Waals surface area contributed by atoms with E-state index in [9.17, 15) is 0 Å². The fraction of sp³-hybridized carbons (Fsp3) is 0.300. The summed E-state index contributed by atoms with van der Waals surface area (Å²) in [5.41, 5.74) is 3.40. The molecule has 1 aromatic rings. The highest BCUT2D eigenvalue weighted by Gasteiger charge is 1.99. The topological polar surface area (TPSA) is 20.2 Å². The molecule has 1 rings (SSSR count). The van der Waals surface area contributed by atoms with Crippen LogP contribution in [0.3, 0.4) is 0 Å². The smallest absolute Gasteiger partial charge is 0.109 e. The summed E-state index contributed by atoms with van der Waals surface area (Å²) in [6, 6.07) is 5.96. The van der Waals surface area contributed by atoms with Gasteiger partial charge in [0.15, 0.2) is 0 Å². The number of benzene rings is 1. The molecule has 0 bridgehead atoms. The summed E-state index contributed by atoms with van der Waals surface area (Å²) in [6.07, 6.45) is 1.02. The normalized spacial score (nSPS) is 10.1. The second kappa shape index (κ2) is 3.54. The Kier molecular flexibility index (Phi) is 2.66. The molecule has 0 saturated heterocycles. The minimum absolute atomic E-state index is 0.921. The van der Waals surface area contributed by atoms with Crippen molar-refractivity contribution in [3.63, 3.8) is 0 Å². The molecular weight excluding hydrogens is 136 g/mol. The molecule has 0 amide bonds. The Morgan fingerprint density at radius 1 is 1.45 bits per heavy atom. The molecule has 0 spiro atoms. The van der Waals surface area contributed by atoms with Gasteiger partial charge in [-0.25, -0.2) is 0 Å². The maximum absolute atomic E-state index is 8.81. The first-order valence-corrected chi connectivity index (χ1v) is 3.85. The van der Waals surface area contributed by atoms with Gasteiger partial charge in [-0.05, 0) is 30.0 Å². The SMILES string of the molecule is CCc1cccc([CH]O)c1C. The number of aryl methyl sites for hydroxylation is 1. The molecule has 0 atom stereocenters. The Hall–Kier alpha value is -0.820. The van der Waals surface area contributed by atoms with Gasteiger partial charge >= 0.3 is 0 Å². The van der Waals surface area contributed by atoms with Gasteiger partial charge in [-0.1, -0.05) is 25.1 Å². The van der Waals surface area contributed by atoms with Crippen LogP contribution in [0.25, 0.3) is 0 Å². The fourth-order valence-corrected chi connectivity index (χ4v) is 1.23. The molecule has 0 aliphatic heterocycles. The summed E-state index contributed by atoms with van der Waals surface area (Å²) in [5.74, 6) is 0. The van der Waals surface area contributed by atoms with E-state index in [1.165, 1.54) is 11.1 Å². The van der Waals surface area contributed by atoms with E-state index in [0.717, 1.165) is 18.6 Å². The Morgan fingerprint density at radius 3 is 2.73 bits per heavy atom. The highest BCUT2D eigenvalue weighted by atomic mass is 16.3. The van der Waals surface area contributed by atoms with Crippen molar-refractivity contribution in [2.45, 2.75) is 20.3 Å². The van der Waals surface area contributed by atoms with Crippen LogP contribution >= 0.6 is 0 Å². The van der Waals surface area contributed by atoms with Gasteiger partial charge in [-0.2, -0.15) is 0 Å². The first-order valence-electron chi connectivity index (χ1n) is 3.85. The second-order valence-corrected chi connectivity index (χ2v) is 2.61. The molecule has 0 saturated carbocycles. The van der Waals surface area contributed by atoms with Crippen molar-refractivity contribution in [1.29, 1.82) is 0 Å². The number of rotatable bonds is 2. The first-order chi connectivity index (χ1) is 5.29. The summed E-state index contributed by atoms with van der Waals surface area (Å²) in [4.78, 5) is 0. The minimum atomic E-state index is 0.921. The predicted molar refractivity (Wildman–Crippen MR) is 45.9 cm³/mol. The lowest BCUT2D eigenvalue weighted by atomic mass is 10.0. The van der Waals surface area contributed by atoms with Gasteiger partial charge < -0.3 is 5.11 Å². The Labute approximate surface area is 67.7 Å². The maximum Gasteiger partial charge on any atom is 0.109 e. The third-order valence-electron chi connectivity index (χ3n) is 2.01. The van der Waals surface area contributed by atoms with Crippen molar-refractivity contribution in [1.82, 2.24) is 0 Å². The van der Waals surface area contributed by atoms with Gasteiger partial charge in [-0.15, -0.1) is 0 Å². The van der Waals surface area contributed by atoms with Crippen molar-refractivity contribution in [2.75, 3.05) is 0 Å². The monoisotopic (exact) mass is 149 g/mol. The van der Waals surface area contributed by atoms with Crippen LogP contribution in [0.4, 0.5) is 0 Å². The van der Waals surface area contributed by atoms with E-state index < -0.39 is 0 Å². The van der Waals surface area contributed by atoms with Crippen LogP contribution in [0.2, 0.25) is 0 Å². The zero-order chi connectivity index (χ0) is 8.27. The lowest BCUT2D eigenvalue weighted by Crippen LogP contribution is -1.91. The van der Waals surface area contributed by atoms with Crippen LogP contribution in [0.1, 0.15) is 23.6 Å². The maximum atomic E-state index is 8.81. The average molecular weight is 149 g/mol. The zero-order valence-electron chi connectivity index (χ0n) is 6.96. The van der Waals surface area contributed by atoms with Gasteiger partial charge in [0.25, 0.3) is 0 Å². The van der Waals surface area contributed by atoms with Crippen molar-refractivity contribution < 1.29 is 5.11 Å². The largest absolute Gasteiger partial charge is 0.385 e. The van der Waals surface area contributed by atoms with Crippen LogP contribution in [-0.2, 0) is 6.42 Å². The van der Waals surface area contributed by atoms with Crippen molar-refractivity contribution in [2.24, 2.45) is 0 Å². The van der Waals surface area contributed by atoms with E-state index in [0.29, 0.717) is 0 Å². The predicted octanol–water partition coefficient (Wildman–Crippen LogP) is 2.44. The van der Waals surface area contributed by atoms with E-state index in [1.54, 1.807) is 0 Å². The third-order valence-corrected chi connectivity index (χ3v) is 2.01. The fourth-order valence-electron chi connectivity index (χ4n) is 1.23. The summed E-state index contributed by atoms with van der Waals surface area (Å²) < 4.78 is 0. The van der Waals surface area contributed by atoms with Crippen LogP contribution < -0.4 is 0 Å². The van der Waals surface area contributed by atoms with E-state index >= 15 is 0 Å². The lowest BCUT2D eigenvalue weighted by Gasteiger charge is -2.05. The van der Waals surface area contributed by atoms with Crippen molar-refractivity contribution >= 4 is 0 Å². The molecule has 0 aromatic heterocycles. The van der Waals surface area contributed by atoms with Gasteiger partial charge in [0.2, 0.25) is 0 Å². The van der Waals surface area contributed by atoms with Crippen LogP contribution in [0, 0.1) is 13.5 Å². The number of hydrogen-bond donors (Lipinski definition) is 1. The van der Waals surface area contributed by atoms with E-state index in [1.807, 2.05) is 19.1 Å². The number of aliphatic hydroxyl groups is 1. The summed E-state index contributed by atoms with van der Waals surface area (Å²) in [7, 11) is 0. The summed E-state index contributed by atoms with van der Waals surface area (Å²) in [6.45, 7) is 5.30. The second-order valence-electron chi connectivity index (χ2n) is 2.61. The average Bonchev–Trinajstić information content (AvgIpc) is 2.05. The molecule has 1 heteroatoms. The van der Waals surface area contributed by atoms with E-state index in [-0.39, 0.29) is 0 Å². The standard InChI is InChI=1S/C10H13O/c1-3-9-5-4-6-10(7-11)8(9)2/h4-7,11H,3H2,1-2H3. The third kappa shape index (κ3) is 1.60. The van der Waals surface area contributed by atoms with Crippen LogP contribution in [0.15, 0.2) is 18.2 Å². The summed E-state index contributed by atoms with van der Waals surface area (Å²) >= 11 is 0. The van der Waals surface area contributed by atoms with Gasteiger partial charge in [-0.3, -0.25) is 0 Å². The lowest BCUT2D eigenvalue weighted by molar-refractivity contribution is 0.414. The molecule has 1 aromatic carbocycles. The molecule has 1 N–H and O–H groups in total. The Balaban J connectivity index is 3.10. The van der Waals surface area contributed by atoms with Gasteiger partial charge in [0.1, 0.15) is 6.61 Å². The molecule has 0 aliphatic carbocycles. The molecule has 59 valence electrons. The van der Waals surface area contributed by atoms with Gasteiger partial charge in [0.05, 0.1) is 0 Å². The highest BCUT2D eigenvalue weighted by Crippen LogP contribution is 2.14. The van der Waals surface area contributed by atoms with Crippen molar-refractivity contribution in [3.8, 4) is 0 Å².